The molecular weight excluding hydrogens is 392 g/mol. The zero-order valence-electron chi connectivity index (χ0n) is 18.4. The Morgan fingerprint density at radius 2 is 1.61 bits per heavy atom. The number of amides is 2. The second kappa shape index (κ2) is 11.5. The smallest absolute Gasteiger partial charge is 0.309 e. The van der Waals surface area contributed by atoms with E-state index in [2.05, 4.69) is 39.8 Å². The summed E-state index contributed by atoms with van der Waals surface area (Å²) < 4.78 is 5.50. The van der Waals surface area contributed by atoms with Crippen molar-refractivity contribution in [2.24, 2.45) is 0 Å². The molecule has 1 aliphatic heterocycles. The van der Waals surface area contributed by atoms with E-state index >= 15 is 0 Å². The van der Waals surface area contributed by atoms with E-state index in [0.717, 1.165) is 29.9 Å². The molecule has 0 bridgehead atoms. The molecule has 1 heterocycles. The monoisotopic (exact) mass is 425 g/mol. The molecule has 3 N–H and O–H groups in total. The third-order valence-corrected chi connectivity index (χ3v) is 5.65. The number of morpholine rings is 1. The van der Waals surface area contributed by atoms with Crippen molar-refractivity contribution in [2.75, 3.05) is 58.4 Å². The van der Waals surface area contributed by atoms with Crippen molar-refractivity contribution in [1.82, 2.24) is 10.6 Å². The number of rotatable bonds is 8. The number of hydrogen-bond donors (Lipinski definition) is 3. The standard InChI is InChI=1S/C24H32N4O3/c1-27(2)21-10-8-20(9-11-21)22(28-14-16-31-17-15-28)18-26-24(30)23(29)25-13-12-19-6-4-3-5-7-19/h3-11,22H,12-18H2,1-2H3,(H,25,29)(H,26,30)/p+1/t22-/m0/s1. The van der Waals surface area contributed by atoms with E-state index in [0.29, 0.717) is 32.7 Å². The molecule has 0 saturated carbocycles. The van der Waals surface area contributed by atoms with Crippen LogP contribution in [0.25, 0.3) is 0 Å². The Hall–Kier alpha value is -2.90. The van der Waals surface area contributed by atoms with E-state index in [4.69, 9.17) is 4.74 Å². The molecule has 0 radical (unpaired) electrons. The third kappa shape index (κ3) is 6.80. The number of anilines is 1. The number of ether oxygens (including phenoxy) is 1. The van der Waals surface area contributed by atoms with Gasteiger partial charge in [-0.1, -0.05) is 42.5 Å². The summed E-state index contributed by atoms with van der Waals surface area (Å²) in [5.41, 5.74) is 3.40. The first-order valence-corrected chi connectivity index (χ1v) is 10.8. The average molecular weight is 426 g/mol. The Kier molecular flexibility index (Phi) is 8.44. The second-order valence-electron chi connectivity index (χ2n) is 8.01. The van der Waals surface area contributed by atoms with Gasteiger partial charge in [-0.05, 0) is 24.1 Å². The SMILES string of the molecule is CN(C)c1ccc([C@H](CNC(=O)C(=O)NCCc2ccccc2)[NH+]2CCOCC2)cc1. The van der Waals surface area contributed by atoms with Crippen LogP contribution in [-0.2, 0) is 20.7 Å². The van der Waals surface area contributed by atoms with Gasteiger partial charge in [0.25, 0.3) is 0 Å². The highest BCUT2D eigenvalue weighted by molar-refractivity contribution is 6.35. The summed E-state index contributed by atoms with van der Waals surface area (Å²) in [4.78, 5) is 28.0. The number of nitrogens with zero attached hydrogens (tertiary/aromatic N) is 1. The van der Waals surface area contributed by atoms with E-state index < -0.39 is 11.8 Å². The first-order valence-electron chi connectivity index (χ1n) is 10.8. The molecule has 2 aromatic carbocycles. The largest absolute Gasteiger partial charge is 0.378 e. The highest BCUT2D eigenvalue weighted by Gasteiger charge is 2.27. The van der Waals surface area contributed by atoms with Crippen molar-refractivity contribution in [3.63, 3.8) is 0 Å². The molecular formula is C24H33N4O3+. The Bertz CT molecular complexity index is 834. The van der Waals surface area contributed by atoms with Gasteiger partial charge in [0.2, 0.25) is 0 Å². The first-order chi connectivity index (χ1) is 15.0. The van der Waals surface area contributed by atoms with E-state index in [1.807, 2.05) is 44.4 Å². The molecule has 1 saturated heterocycles. The first kappa shape index (κ1) is 22.8. The van der Waals surface area contributed by atoms with Crippen LogP contribution < -0.4 is 20.4 Å². The van der Waals surface area contributed by atoms with Gasteiger partial charge in [-0.25, -0.2) is 0 Å². The van der Waals surface area contributed by atoms with Crippen LogP contribution in [0.5, 0.6) is 0 Å². The Labute approximate surface area is 184 Å². The molecule has 2 aromatic rings. The quantitative estimate of drug-likeness (QED) is 0.528. The zero-order valence-corrected chi connectivity index (χ0v) is 18.4. The molecule has 7 nitrogen and oxygen atoms in total. The summed E-state index contributed by atoms with van der Waals surface area (Å²) in [6.45, 7) is 3.99. The van der Waals surface area contributed by atoms with E-state index in [-0.39, 0.29) is 6.04 Å². The average Bonchev–Trinajstić information content (AvgIpc) is 2.80. The minimum atomic E-state index is -0.588. The van der Waals surface area contributed by atoms with Crippen molar-refractivity contribution < 1.29 is 19.2 Å². The van der Waals surface area contributed by atoms with Gasteiger partial charge in [0.1, 0.15) is 19.1 Å². The Morgan fingerprint density at radius 1 is 0.968 bits per heavy atom. The van der Waals surface area contributed by atoms with Crippen LogP contribution in [0, 0.1) is 0 Å². The molecule has 0 unspecified atom stereocenters. The van der Waals surface area contributed by atoms with Crippen molar-refractivity contribution in [1.29, 1.82) is 0 Å². The second-order valence-corrected chi connectivity index (χ2v) is 8.01. The van der Waals surface area contributed by atoms with Crippen molar-refractivity contribution >= 4 is 17.5 Å². The fourth-order valence-electron chi connectivity index (χ4n) is 3.81. The van der Waals surface area contributed by atoms with Gasteiger partial charge < -0.3 is 25.2 Å². The van der Waals surface area contributed by atoms with Crippen LogP contribution in [-0.4, -0.2) is 65.3 Å². The predicted molar refractivity (Wildman–Crippen MR) is 121 cm³/mol. The lowest BCUT2D eigenvalue weighted by molar-refractivity contribution is -0.937. The maximum absolute atomic E-state index is 12.4. The minimum absolute atomic E-state index is 0.0705. The predicted octanol–water partition coefficient (Wildman–Crippen LogP) is 0.184. The summed E-state index contributed by atoms with van der Waals surface area (Å²) in [5, 5.41) is 5.55. The van der Waals surface area contributed by atoms with E-state index in [1.54, 1.807) is 0 Å². The lowest BCUT2D eigenvalue weighted by Crippen LogP contribution is -3.15. The topological polar surface area (TPSA) is 75.1 Å². The summed E-state index contributed by atoms with van der Waals surface area (Å²) in [7, 11) is 4.02. The lowest BCUT2D eigenvalue weighted by Gasteiger charge is -2.32. The van der Waals surface area contributed by atoms with Gasteiger partial charge in [-0.15, -0.1) is 0 Å². The van der Waals surface area contributed by atoms with Gasteiger partial charge >= 0.3 is 11.8 Å². The number of benzene rings is 2. The molecule has 0 aliphatic carbocycles. The highest BCUT2D eigenvalue weighted by Crippen LogP contribution is 2.16. The Morgan fingerprint density at radius 3 is 2.26 bits per heavy atom. The van der Waals surface area contributed by atoms with Gasteiger partial charge in [-0.3, -0.25) is 9.59 Å². The minimum Gasteiger partial charge on any atom is -0.378 e. The third-order valence-electron chi connectivity index (χ3n) is 5.65. The van der Waals surface area contributed by atoms with Crippen molar-refractivity contribution in [2.45, 2.75) is 12.5 Å². The van der Waals surface area contributed by atoms with Gasteiger partial charge in [0.05, 0.1) is 19.8 Å². The number of carbonyl (C=O) groups is 2. The number of quaternary nitrogens is 1. The molecule has 31 heavy (non-hydrogen) atoms. The number of hydrogen-bond acceptors (Lipinski definition) is 4. The molecule has 1 fully saturated rings. The van der Waals surface area contributed by atoms with Gasteiger partial charge in [-0.2, -0.15) is 0 Å². The van der Waals surface area contributed by atoms with Gasteiger partial charge in [0.15, 0.2) is 0 Å². The molecule has 7 heteroatoms. The van der Waals surface area contributed by atoms with Crippen LogP contribution in [0.15, 0.2) is 54.6 Å². The van der Waals surface area contributed by atoms with Crippen LogP contribution >= 0.6 is 0 Å². The molecule has 0 aromatic heterocycles. The lowest BCUT2D eigenvalue weighted by atomic mass is 10.0. The molecule has 0 spiro atoms. The molecule has 1 atom stereocenters. The van der Waals surface area contributed by atoms with Gasteiger partial charge in [0, 0.05) is 31.9 Å². The summed E-state index contributed by atoms with van der Waals surface area (Å²) in [6.07, 6.45) is 0.693. The molecule has 166 valence electrons. The normalized spacial score (nSPS) is 15.2. The molecule has 2 amide bonds. The maximum Gasteiger partial charge on any atom is 0.309 e. The van der Waals surface area contributed by atoms with E-state index in [1.165, 1.54) is 4.90 Å². The van der Waals surface area contributed by atoms with Crippen molar-refractivity contribution in [3.05, 3.63) is 65.7 Å². The van der Waals surface area contributed by atoms with E-state index in [9.17, 15) is 9.59 Å². The van der Waals surface area contributed by atoms with Crippen LogP contribution in [0.1, 0.15) is 17.2 Å². The van der Waals surface area contributed by atoms with Crippen LogP contribution in [0.4, 0.5) is 5.69 Å². The summed E-state index contributed by atoms with van der Waals surface area (Å²) >= 11 is 0. The summed E-state index contributed by atoms with van der Waals surface area (Å²) in [6, 6.07) is 18.3. The van der Waals surface area contributed by atoms with Crippen LogP contribution in [0.3, 0.4) is 0 Å². The van der Waals surface area contributed by atoms with Crippen molar-refractivity contribution in [3.8, 4) is 0 Å². The summed E-state index contributed by atoms with van der Waals surface area (Å²) in [5.74, 6) is -1.18. The molecule has 3 rings (SSSR count). The number of carbonyl (C=O) groups excluding carboxylic acids is 2. The highest BCUT2D eigenvalue weighted by atomic mass is 16.5. The zero-order chi connectivity index (χ0) is 22.1. The number of nitrogens with one attached hydrogen (secondary N) is 3. The fraction of sp³-hybridized carbons (Fsp3) is 0.417. The van der Waals surface area contributed by atoms with Crippen LogP contribution in [0.2, 0.25) is 0 Å². The maximum atomic E-state index is 12.4. The molecule has 1 aliphatic rings. The Balaban J connectivity index is 1.56. The fourth-order valence-corrected chi connectivity index (χ4v) is 3.81.